The smallest absolute Gasteiger partial charge is 0.314 e. The molecule has 0 bridgehead atoms. The molecule has 0 aliphatic heterocycles. The Bertz CT molecular complexity index is 501. The zero-order valence-electron chi connectivity index (χ0n) is 10.6. The fourth-order valence-corrected chi connectivity index (χ4v) is 2.67. The predicted molar refractivity (Wildman–Crippen MR) is 65.6 cm³/mol. The fraction of sp³-hybridized carbons (Fsp3) is 0.500. The lowest BCUT2D eigenvalue weighted by atomic mass is 9.68. The van der Waals surface area contributed by atoms with E-state index < -0.39 is 30.1 Å². The summed E-state index contributed by atoms with van der Waals surface area (Å²) in [6.45, 7) is 1.77. The van der Waals surface area contributed by atoms with Crippen molar-refractivity contribution in [3.8, 4) is 5.75 Å². The van der Waals surface area contributed by atoms with E-state index in [9.17, 15) is 23.8 Å². The third kappa shape index (κ3) is 2.41. The minimum Gasteiger partial charge on any atom is -0.508 e. The lowest BCUT2D eigenvalue weighted by Crippen LogP contribution is -2.42. The summed E-state index contributed by atoms with van der Waals surface area (Å²) in [6, 6.07) is 4.65. The van der Waals surface area contributed by atoms with E-state index in [1.54, 1.807) is 19.1 Å². The third-order valence-corrected chi connectivity index (χ3v) is 3.91. The molecule has 0 amide bonds. The van der Waals surface area contributed by atoms with Crippen molar-refractivity contribution < 1.29 is 23.8 Å². The van der Waals surface area contributed by atoms with Gasteiger partial charge in [-0.2, -0.15) is 0 Å². The Morgan fingerprint density at radius 2 is 1.79 bits per heavy atom. The van der Waals surface area contributed by atoms with E-state index in [0.29, 0.717) is 0 Å². The molecule has 1 aliphatic rings. The van der Waals surface area contributed by atoms with Gasteiger partial charge in [-0.25, -0.2) is 8.78 Å². The van der Waals surface area contributed by atoms with Gasteiger partial charge >= 0.3 is 5.97 Å². The van der Waals surface area contributed by atoms with Gasteiger partial charge in [-0.05, 0) is 25.8 Å². The highest BCUT2D eigenvalue weighted by Crippen LogP contribution is 2.48. The fourth-order valence-electron chi connectivity index (χ4n) is 2.67. The lowest BCUT2D eigenvalue weighted by molar-refractivity contribution is -0.149. The van der Waals surface area contributed by atoms with Crippen LogP contribution in [0.25, 0.3) is 0 Å². The number of carboxylic acids is 1. The van der Waals surface area contributed by atoms with Gasteiger partial charge in [0.2, 0.25) is 5.92 Å². The van der Waals surface area contributed by atoms with Crippen molar-refractivity contribution in [1.82, 2.24) is 0 Å². The summed E-state index contributed by atoms with van der Waals surface area (Å²) in [5.41, 5.74) is -0.362. The number of halogens is 2. The number of carbonyl (C=O) groups is 1. The molecule has 1 aromatic carbocycles. The van der Waals surface area contributed by atoms with Crippen LogP contribution in [0.1, 0.15) is 36.8 Å². The number of rotatable bonds is 2. The molecule has 19 heavy (non-hydrogen) atoms. The van der Waals surface area contributed by atoms with Crippen LogP contribution in [-0.4, -0.2) is 22.1 Å². The lowest BCUT2D eigenvalue weighted by Gasteiger charge is -2.37. The average molecular weight is 270 g/mol. The molecule has 104 valence electrons. The minimum absolute atomic E-state index is 0.141. The van der Waals surface area contributed by atoms with Crippen molar-refractivity contribution in [2.24, 2.45) is 0 Å². The molecule has 0 spiro atoms. The summed E-state index contributed by atoms with van der Waals surface area (Å²) in [6.07, 6.45) is -1.25. The second-order valence-corrected chi connectivity index (χ2v) is 5.26. The third-order valence-electron chi connectivity index (χ3n) is 3.91. The molecule has 0 aromatic heterocycles. The Labute approximate surface area is 109 Å². The average Bonchev–Trinajstić information content (AvgIpc) is 2.33. The standard InChI is InChI=1S/C14H16F2O3/c1-9-2-3-11(17)10(8-9)13(12(18)19)4-6-14(15,16)7-5-13/h2-3,8,17H,4-7H2,1H3,(H,18,19). The summed E-state index contributed by atoms with van der Waals surface area (Å²) in [5, 5.41) is 19.4. The molecule has 0 saturated heterocycles. The van der Waals surface area contributed by atoms with E-state index in [-0.39, 0.29) is 24.2 Å². The Morgan fingerprint density at radius 1 is 1.21 bits per heavy atom. The SMILES string of the molecule is Cc1ccc(O)c(C2(C(=O)O)CCC(F)(F)CC2)c1. The molecule has 3 nitrogen and oxygen atoms in total. The number of aliphatic carboxylic acids is 1. The Kier molecular flexibility index (Phi) is 3.24. The molecule has 1 aromatic rings. The largest absolute Gasteiger partial charge is 0.508 e. The van der Waals surface area contributed by atoms with Gasteiger partial charge in [0, 0.05) is 18.4 Å². The molecule has 1 fully saturated rings. The monoisotopic (exact) mass is 270 g/mol. The van der Waals surface area contributed by atoms with Crippen LogP contribution in [0.15, 0.2) is 18.2 Å². The van der Waals surface area contributed by atoms with Crippen molar-refractivity contribution in [1.29, 1.82) is 0 Å². The Morgan fingerprint density at radius 3 is 2.32 bits per heavy atom. The number of phenols is 1. The number of phenolic OH excluding ortho intramolecular Hbond substituents is 1. The second-order valence-electron chi connectivity index (χ2n) is 5.26. The summed E-state index contributed by atoms with van der Waals surface area (Å²) in [5.74, 6) is -4.10. The molecular formula is C14H16F2O3. The van der Waals surface area contributed by atoms with Crippen LogP contribution < -0.4 is 0 Å². The van der Waals surface area contributed by atoms with Crippen LogP contribution in [0.3, 0.4) is 0 Å². The van der Waals surface area contributed by atoms with E-state index in [2.05, 4.69) is 0 Å². The number of alkyl halides is 2. The summed E-state index contributed by atoms with van der Waals surface area (Å²) in [4.78, 5) is 11.6. The van der Waals surface area contributed by atoms with E-state index in [4.69, 9.17) is 0 Å². The first-order valence-electron chi connectivity index (χ1n) is 6.18. The maximum Gasteiger partial charge on any atom is 0.314 e. The first-order chi connectivity index (χ1) is 8.77. The number of aromatic hydroxyl groups is 1. The van der Waals surface area contributed by atoms with Crippen molar-refractivity contribution in [2.75, 3.05) is 0 Å². The van der Waals surface area contributed by atoms with Gasteiger partial charge in [-0.1, -0.05) is 17.7 Å². The maximum atomic E-state index is 13.3. The molecule has 2 N–H and O–H groups in total. The van der Waals surface area contributed by atoms with Gasteiger partial charge in [-0.15, -0.1) is 0 Å². The van der Waals surface area contributed by atoms with Crippen molar-refractivity contribution in [3.63, 3.8) is 0 Å². The van der Waals surface area contributed by atoms with E-state index >= 15 is 0 Å². The first-order valence-corrected chi connectivity index (χ1v) is 6.18. The molecule has 5 heteroatoms. The van der Waals surface area contributed by atoms with E-state index in [1.807, 2.05) is 0 Å². The van der Waals surface area contributed by atoms with E-state index in [1.165, 1.54) is 6.07 Å². The topological polar surface area (TPSA) is 57.5 Å². The van der Waals surface area contributed by atoms with Gasteiger partial charge in [0.25, 0.3) is 0 Å². The summed E-state index contributed by atoms with van der Waals surface area (Å²) < 4.78 is 26.5. The molecular weight excluding hydrogens is 254 g/mol. The van der Waals surface area contributed by atoms with Crippen molar-refractivity contribution in [3.05, 3.63) is 29.3 Å². The molecule has 0 radical (unpaired) electrons. The number of aryl methyl sites for hydroxylation is 1. The Hall–Kier alpha value is -1.65. The van der Waals surface area contributed by atoms with Gasteiger partial charge < -0.3 is 10.2 Å². The van der Waals surface area contributed by atoms with Crippen LogP contribution in [0.4, 0.5) is 8.78 Å². The molecule has 0 unspecified atom stereocenters. The molecule has 0 heterocycles. The first kappa shape index (κ1) is 13.8. The van der Waals surface area contributed by atoms with Crippen LogP contribution >= 0.6 is 0 Å². The van der Waals surface area contributed by atoms with E-state index in [0.717, 1.165) is 5.56 Å². The number of benzene rings is 1. The highest BCUT2D eigenvalue weighted by Gasteiger charge is 2.50. The van der Waals surface area contributed by atoms with Crippen LogP contribution in [0.5, 0.6) is 5.75 Å². The normalized spacial score (nSPS) is 21.0. The van der Waals surface area contributed by atoms with Gasteiger partial charge in [0.05, 0.1) is 5.41 Å². The van der Waals surface area contributed by atoms with Gasteiger partial charge in [0.15, 0.2) is 0 Å². The quantitative estimate of drug-likeness (QED) is 0.867. The second kappa shape index (κ2) is 4.47. The van der Waals surface area contributed by atoms with Gasteiger partial charge in [-0.3, -0.25) is 4.79 Å². The summed E-state index contributed by atoms with van der Waals surface area (Å²) in [7, 11) is 0. The highest BCUT2D eigenvalue weighted by molar-refractivity contribution is 5.82. The molecule has 1 saturated carbocycles. The maximum absolute atomic E-state index is 13.3. The number of carboxylic acid groups (broad SMARTS) is 1. The number of hydrogen-bond acceptors (Lipinski definition) is 2. The summed E-state index contributed by atoms with van der Waals surface area (Å²) >= 11 is 0. The predicted octanol–water partition coefficient (Wildman–Crippen LogP) is 3.23. The molecule has 2 rings (SSSR count). The van der Waals surface area contributed by atoms with Gasteiger partial charge in [0.1, 0.15) is 5.75 Å². The zero-order chi connectivity index (χ0) is 14.3. The van der Waals surface area contributed by atoms with Crippen LogP contribution in [0.2, 0.25) is 0 Å². The molecule has 1 aliphatic carbocycles. The molecule has 0 atom stereocenters. The van der Waals surface area contributed by atoms with Crippen LogP contribution in [-0.2, 0) is 10.2 Å². The Balaban J connectivity index is 2.47. The van der Waals surface area contributed by atoms with Crippen molar-refractivity contribution in [2.45, 2.75) is 43.9 Å². The van der Waals surface area contributed by atoms with Crippen molar-refractivity contribution >= 4 is 5.97 Å². The zero-order valence-corrected chi connectivity index (χ0v) is 10.6. The minimum atomic E-state index is -2.81. The highest BCUT2D eigenvalue weighted by atomic mass is 19.3. The number of hydrogen-bond donors (Lipinski definition) is 2. The van der Waals surface area contributed by atoms with Crippen LogP contribution in [0, 0.1) is 6.92 Å².